The number of methoxy groups -OCH3 is 2. The van der Waals surface area contributed by atoms with Crippen LogP contribution in [0.4, 0.5) is 0 Å². The predicted molar refractivity (Wildman–Crippen MR) is 104 cm³/mol. The van der Waals surface area contributed by atoms with Crippen LogP contribution >= 0.6 is 11.6 Å². The van der Waals surface area contributed by atoms with Gasteiger partial charge >= 0.3 is 5.97 Å². The van der Waals surface area contributed by atoms with Gasteiger partial charge in [0.25, 0.3) is 0 Å². The van der Waals surface area contributed by atoms with Crippen molar-refractivity contribution in [2.24, 2.45) is 10.7 Å². The predicted octanol–water partition coefficient (Wildman–Crippen LogP) is 3.55. The molecule has 6 heteroatoms. The van der Waals surface area contributed by atoms with Crippen LogP contribution in [-0.4, -0.2) is 25.9 Å². The molecule has 0 saturated carbocycles. The summed E-state index contributed by atoms with van der Waals surface area (Å²) in [6.07, 6.45) is 2.07. The molecule has 0 bridgehead atoms. The summed E-state index contributed by atoms with van der Waals surface area (Å²) < 4.78 is 9.82. The Morgan fingerprint density at radius 2 is 1.69 bits per heavy atom. The van der Waals surface area contributed by atoms with Crippen molar-refractivity contribution in [2.75, 3.05) is 14.2 Å². The number of nitrogens with two attached hydrogens (primary N) is 1. The van der Waals surface area contributed by atoms with Crippen molar-refractivity contribution >= 4 is 23.3 Å². The van der Waals surface area contributed by atoms with Crippen LogP contribution in [0, 0.1) is 0 Å². The van der Waals surface area contributed by atoms with Gasteiger partial charge in [0, 0.05) is 17.2 Å². The van der Waals surface area contributed by atoms with Gasteiger partial charge in [-0.15, -0.1) is 0 Å². The lowest BCUT2D eigenvalue weighted by atomic mass is 10.1. The first-order chi connectivity index (χ1) is 12.5. The van der Waals surface area contributed by atoms with Crippen molar-refractivity contribution < 1.29 is 14.3 Å². The molecule has 0 unspecified atom stereocenters. The molecule has 5 nitrogen and oxygen atoms in total. The number of nitrogens with zero attached hydrogens (tertiary/aromatic N) is 1. The monoisotopic (exact) mass is 372 g/mol. The van der Waals surface area contributed by atoms with Crippen LogP contribution in [0.1, 0.15) is 11.1 Å². The second-order valence-corrected chi connectivity index (χ2v) is 5.99. The third kappa shape index (κ3) is 5.93. The number of hydrogen-bond donors (Lipinski definition) is 1. The highest BCUT2D eigenvalue weighted by atomic mass is 35.5. The summed E-state index contributed by atoms with van der Waals surface area (Å²) in [5.74, 6) is 0.192. The molecular formula is C20H21ClN2O3. The van der Waals surface area contributed by atoms with E-state index in [0.29, 0.717) is 23.7 Å². The molecule has 0 aliphatic rings. The van der Waals surface area contributed by atoms with Crippen LogP contribution in [0.15, 0.2) is 65.3 Å². The summed E-state index contributed by atoms with van der Waals surface area (Å²) in [6, 6.07) is 15.1. The van der Waals surface area contributed by atoms with Crippen molar-refractivity contribution in [1.29, 1.82) is 0 Å². The van der Waals surface area contributed by atoms with Crippen molar-refractivity contribution in [3.05, 3.63) is 76.5 Å². The van der Waals surface area contributed by atoms with Gasteiger partial charge < -0.3 is 15.2 Å². The second kappa shape index (κ2) is 9.63. The highest BCUT2D eigenvalue weighted by Gasteiger charge is 2.08. The van der Waals surface area contributed by atoms with E-state index in [2.05, 4.69) is 9.73 Å². The van der Waals surface area contributed by atoms with Crippen molar-refractivity contribution in [2.45, 2.75) is 13.0 Å². The fraction of sp³-hybridized carbons (Fsp3) is 0.200. The Bertz CT molecular complexity index is 797. The van der Waals surface area contributed by atoms with Crippen LogP contribution in [0.3, 0.4) is 0 Å². The molecule has 2 aromatic rings. The number of ether oxygens (including phenoxy) is 2. The largest absolute Gasteiger partial charge is 0.497 e. The third-order valence-electron chi connectivity index (χ3n) is 3.67. The summed E-state index contributed by atoms with van der Waals surface area (Å²) in [6.45, 7) is 0.452. The first kappa shape index (κ1) is 19.5. The molecule has 26 heavy (non-hydrogen) atoms. The smallest absolute Gasteiger partial charge is 0.353 e. The summed E-state index contributed by atoms with van der Waals surface area (Å²) in [7, 11) is 2.91. The van der Waals surface area contributed by atoms with Crippen molar-refractivity contribution in [3.8, 4) is 5.75 Å². The molecule has 0 saturated heterocycles. The topological polar surface area (TPSA) is 73.9 Å². The molecule has 136 valence electrons. The van der Waals surface area contributed by atoms with E-state index in [4.69, 9.17) is 22.1 Å². The van der Waals surface area contributed by atoms with Crippen LogP contribution in [0.2, 0.25) is 5.02 Å². The van der Waals surface area contributed by atoms with E-state index >= 15 is 0 Å². The van der Waals surface area contributed by atoms with Crippen LogP contribution < -0.4 is 10.5 Å². The normalized spacial score (nSPS) is 12.0. The third-order valence-corrected chi connectivity index (χ3v) is 3.92. The highest BCUT2D eigenvalue weighted by molar-refractivity contribution is 6.30. The van der Waals surface area contributed by atoms with E-state index in [1.807, 2.05) is 48.5 Å². The van der Waals surface area contributed by atoms with Crippen molar-refractivity contribution in [1.82, 2.24) is 0 Å². The number of carbonyl (C=O) groups excluding carboxylic acids is 1. The van der Waals surface area contributed by atoms with Gasteiger partial charge in [0.2, 0.25) is 0 Å². The lowest BCUT2D eigenvalue weighted by molar-refractivity contribution is -0.136. The van der Waals surface area contributed by atoms with Gasteiger partial charge in [-0.05, 0) is 41.5 Å². The van der Waals surface area contributed by atoms with Gasteiger partial charge in [-0.3, -0.25) is 4.99 Å². The Hall–Kier alpha value is -2.79. The van der Waals surface area contributed by atoms with E-state index in [9.17, 15) is 4.79 Å². The molecule has 0 atom stereocenters. The summed E-state index contributed by atoms with van der Waals surface area (Å²) in [4.78, 5) is 16.2. The van der Waals surface area contributed by atoms with Gasteiger partial charge in [0.05, 0.1) is 20.8 Å². The summed E-state index contributed by atoms with van der Waals surface area (Å²) in [5.41, 5.74) is 8.50. The van der Waals surface area contributed by atoms with E-state index in [0.717, 1.165) is 16.9 Å². The van der Waals surface area contributed by atoms with Gasteiger partial charge in [-0.25, -0.2) is 4.79 Å². The van der Waals surface area contributed by atoms with E-state index in [-0.39, 0.29) is 5.70 Å². The SMILES string of the molecule is COC(=O)C(N)=CC(Cc1ccc(OC)cc1)=NCc1ccc(Cl)cc1. The molecule has 0 fully saturated rings. The van der Waals surface area contributed by atoms with Gasteiger partial charge in [-0.1, -0.05) is 35.9 Å². The Morgan fingerprint density at radius 3 is 2.27 bits per heavy atom. The molecule has 2 N–H and O–H groups in total. The number of allylic oxidation sites excluding steroid dienone is 1. The maximum Gasteiger partial charge on any atom is 0.353 e. The molecular weight excluding hydrogens is 352 g/mol. The Labute approximate surface area is 158 Å². The van der Waals surface area contributed by atoms with Gasteiger partial charge in [-0.2, -0.15) is 0 Å². The van der Waals surface area contributed by atoms with Crippen LogP contribution in [0.25, 0.3) is 0 Å². The highest BCUT2D eigenvalue weighted by Crippen LogP contribution is 2.14. The molecule has 0 amide bonds. The molecule has 2 aromatic carbocycles. The second-order valence-electron chi connectivity index (χ2n) is 5.55. The fourth-order valence-electron chi connectivity index (χ4n) is 2.24. The molecule has 0 aliphatic heterocycles. The minimum Gasteiger partial charge on any atom is -0.497 e. The molecule has 0 radical (unpaired) electrons. The maximum atomic E-state index is 11.6. The number of esters is 1. The fourth-order valence-corrected chi connectivity index (χ4v) is 2.37. The number of benzene rings is 2. The molecule has 0 heterocycles. The summed E-state index contributed by atoms with van der Waals surface area (Å²) in [5, 5.41) is 0.672. The maximum absolute atomic E-state index is 11.6. The van der Waals surface area contributed by atoms with Gasteiger partial charge in [0.1, 0.15) is 11.4 Å². The average molecular weight is 373 g/mol. The Morgan fingerprint density at radius 1 is 1.08 bits per heavy atom. The van der Waals surface area contributed by atoms with E-state index in [1.165, 1.54) is 7.11 Å². The summed E-state index contributed by atoms with van der Waals surface area (Å²) >= 11 is 5.90. The number of rotatable bonds is 7. The minimum atomic E-state index is -0.584. The molecule has 0 aromatic heterocycles. The number of hydrogen-bond acceptors (Lipinski definition) is 5. The standard InChI is InChI=1S/C20H21ClN2O3/c1-25-18-9-5-14(6-10-18)11-17(12-19(22)20(24)26-2)23-13-15-3-7-16(21)8-4-15/h3-10,12H,11,13,22H2,1-2H3. The van der Waals surface area contributed by atoms with Crippen molar-refractivity contribution in [3.63, 3.8) is 0 Å². The lowest BCUT2D eigenvalue weighted by Gasteiger charge is -2.07. The average Bonchev–Trinajstić information content (AvgIpc) is 2.67. The van der Waals surface area contributed by atoms with Crippen LogP contribution in [-0.2, 0) is 22.5 Å². The zero-order valence-corrected chi connectivity index (χ0v) is 15.5. The zero-order chi connectivity index (χ0) is 18.9. The molecule has 0 spiro atoms. The van der Waals surface area contributed by atoms with Crippen LogP contribution in [0.5, 0.6) is 5.75 Å². The van der Waals surface area contributed by atoms with E-state index in [1.54, 1.807) is 13.2 Å². The molecule has 2 rings (SSSR count). The zero-order valence-electron chi connectivity index (χ0n) is 14.7. The Balaban J connectivity index is 2.23. The lowest BCUT2D eigenvalue weighted by Crippen LogP contribution is -2.15. The number of aliphatic imine (C=N–C) groups is 1. The number of halogens is 1. The van der Waals surface area contributed by atoms with Gasteiger partial charge in [0.15, 0.2) is 0 Å². The minimum absolute atomic E-state index is 0.0101. The van der Waals surface area contributed by atoms with E-state index < -0.39 is 5.97 Å². The number of carbonyl (C=O) groups is 1. The first-order valence-corrected chi connectivity index (χ1v) is 8.36. The molecule has 0 aliphatic carbocycles. The Kier molecular flexibility index (Phi) is 7.24. The first-order valence-electron chi connectivity index (χ1n) is 7.98. The quantitative estimate of drug-likeness (QED) is 0.458.